The number of alkyl halides is 1. The normalized spacial score (nSPS) is 12.9. The van der Waals surface area contributed by atoms with Gasteiger partial charge in [0.1, 0.15) is 12.0 Å². The highest BCUT2D eigenvalue weighted by Gasteiger charge is 2.08. The minimum absolute atomic E-state index is 0.277. The molecule has 0 heterocycles. The van der Waals surface area contributed by atoms with Crippen molar-refractivity contribution in [1.29, 1.82) is 0 Å². The van der Waals surface area contributed by atoms with Crippen molar-refractivity contribution in [1.82, 2.24) is 0 Å². The van der Waals surface area contributed by atoms with Gasteiger partial charge in [0.25, 0.3) is 0 Å². The van der Waals surface area contributed by atoms with Crippen LogP contribution in [0, 0.1) is 12.7 Å². The van der Waals surface area contributed by atoms with Gasteiger partial charge in [-0.2, -0.15) is 0 Å². The van der Waals surface area contributed by atoms with Crippen molar-refractivity contribution >= 4 is 0 Å². The zero-order chi connectivity index (χ0) is 10.6. The first-order chi connectivity index (χ1) is 6.63. The predicted molar refractivity (Wildman–Crippen MR) is 53.4 cm³/mol. The van der Waals surface area contributed by atoms with Crippen molar-refractivity contribution in [3.63, 3.8) is 0 Å². The molecule has 0 amide bonds. The maximum Gasteiger partial charge on any atom is 0.123 e. The molecule has 1 aromatic carbocycles. The molecule has 0 aliphatic rings. The first-order valence-electron chi connectivity index (χ1n) is 4.72. The van der Waals surface area contributed by atoms with Crippen molar-refractivity contribution in [3.05, 3.63) is 35.1 Å². The van der Waals surface area contributed by atoms with Gasteiger partial charge in [-0.1, -0.05) is 6.07 Å². The minimum Gasteiger partial charge on any atom is -0.330 e. The first kappa shape index (κ1) is 11.1. The fourth-order valence-electron chi connectivity index (χ4n) is 1.41. The highest BCUT2D eigenvalue weighted by Crippen LogP contribution is 2.14. The Labute approximate surface area is 82.9 Å². The molecule has 0 saturated carbocycles. The largest absolute Gasteiger partial charge is 0.330 e. The summed E-state index contributed by atoms with van der Waals surface area (Å²) in [5, 5.41) is 0. The second kappa shape index (κ2) is 5.05. The molecule has 0 aromatic heterocycles. The van der Waals surface area contributed by atoms with E-state index in [1.807, 2.05) is 0 Å². The third-order valence-electron chi connectivity index (χ3n) is 2.23. The minimum atomic E-state index is -0.927. The zero-order valence-electron chi connectivity index (χ0n) is 8.26. The Morgan fingerprint density at radius 1 is 1.43 bits per heavy atom. The van der Waals surface area contributed by atoms with Crippen LogP contribution in [0.5, 0.6) is 0 Å². The molecule has 0 saturated heterocycles. The fourth-order valence-corrected chi connectivity index (χ4v) is 1.41. The van der Waals surface area contributed by atoms with Gasteiger partial charge in [0.2, 0.25) is 0 Å². The van der Waals surface area contributed by atoms with Crippen LogP contribution in [-0.4, -0.2) is 12.7 Å². The molecule has 0 fully saturated rings. The van der Waals surface area contributed by atoms with Crippen molar-refractivity contribution in [2.75, 3.05) is 6.54 Å². The summed E-state index contributed by atoms with van der Waals surface area (Å²) in [6.45, 7) is 2.13. The standard InChI is InChI=1S/C11H15F2N/c1-8-6-10(12)3-2-9(8)7-11(13)4-5-14/h2-3,6,11H,4-5,7,14H2,1H3. The van der Waals surface area contributed by atoms with E-state index in [9.17, 15) is 8.78 Å². The van der Waals surface area contributed by atoms with Gasteiger partial charge >= 0.3 is 0 Å². The van der Waals surface area contributed by atoms with Gasteiger partial charge in [0.15, 0.2) is 0 Å². The van der Waals surface area contributed by atoms with E-state index < -0.39 is 6.17 Å². The summed E-state index contributed by atoms with van der Waals surface area (Å²) in [5.74, 6) is -0.277. The van der Waals surface area contributed by atoms with E-state index in [-0.39, 0.29) is 5.82 Å². The molecule has 0 aliphatic carbocycles. The van der Waals surface area contributed by atoms with Crippen molar-refractivity contribution in [2.45, 2.75) is 25.9 Å². The topological polar surface area (TPSA) is 26.0 Å². The molecule has 0 bridgehead atoms. The van der Waals surface area contributed by atoms with E-state index in [1.165, 1.54) is 12.1 Å². The smallest absolute Gasteiger partial charge is 0.123 e. The molecule has 1 rings (SSSR count). The highest BCUT2D eigenvalue weighted by atomic mass is 19.1. The number of benzene rings is 1. The molecular weight excluding hydrogens is 184 g/mol. The maximum atomic E-state index is 13.2. The summed E-state index contributed by atoms with van der Waals surface area (Å²) in [7, 11) is 0. The number of halogens is 2. The Balaban J connectivity index is 2.67. The summed E-state index contributed by atoms with van der Waals surface area (Å²) in [6.07, 6.45) is -0.246. The second-order valence-corrected chi connectivity index (χ2v) is 3.45. The average molecular weight is 199 g/mol. The Morgan fingerprint density at radius 2 is 2.14 bits per heavy atom. The quantitative estimate of drug-likeness (QED) is 0.791. The molecule has 1 aromatic rings. The van der Waals surface area contributed by atoms with Crippen LogP contribution in [0.1, 0.15) is 17.5 Å². The van der Waals surface area contributed by atoms with E-state index in [1.54, 1.807) is 13.0 Å². The molecule has 3 heteroatoms. The van der Waals surface area contributed by atoms with E-state index >= 15 is 0 Å². The van der Waals surface area contributed by atoms with E-state index in [2.05, 4.69) is 0 Å². The lowest BCUT2D eigenvalue weighted by molar-refractivity contribution is 0.316. The van der Waals surface area contributed by atoms with Crippen molar-refractivity contribution in [2.24, 2.45) is 5.73 Å². The van der Waals surface area contributed by atoms with Gasteiger partial charge in [-0.05, 0) is 43.1 Å². The Hall–Kier alpha value is -0.960. The van der Waals surface area contributed by atoms with Crippen LogP contribution in [0.25, 0.3) is 0 Å². The maximum absolute atomic E-state index is 13.2. The van der Waals surface area contributed by atoms with Crippen LogP contribution >= 0.6 is 0 Å². The van der Waals surface area contributed by atoms with Crippen molar-refractivity contribution < 1.29 is 8.78 Å². The van der Waals surface area contributed by atoms with Crippen LogP contribution in [0.2, 0.25) is 0 Å². The number of nitrogens with two attached hydrogens (primary N) is 1. The van der Waals surface area contributed by atoms with Gasteiger partial charge < -0.3 is 5.73 Å². The Morgan fingerprint density at radius 3 is 2.71 bits per heavy atom. The van der Waals surface area contributed by atoms with Gasteiger partial charge in [0, 0.05) is 6.42 Å². The number of aryl methyl sites for hydroxylation is 1. The summed E-state index contributed by atoms with van der Waals surface area (Å²) in [6, 6.07) is 4.41. The molecule has 78 valence electrons. The molecular formula is C11H15F2N. The van der Waals surface area contributed by atoms with Crippen LogP contribution in [0.15, 0.2) is 18.2 Å². The molecule has 1 unspecified atom stereocenters. The predicted octanol–water partition coefficient (Wildman–Crippen LogP) is 2.36. The molecule has 0 aliphatic heterocycles. The van der Waals surface area contributed by atoms with E-state index in [4.69, 9.17) is 5.73 Å². The van der Waals surface area contributed by atoms with Crippen LogP contribution in [0.3, 0.4) is 0 Å². The molecule has 1 atom stereocenters. The lowest BCUT2D eigenvalue weighted by Crippen LogP contribution is -2.12. The fraction of sp³-hybridized carbons (Fsp3) is 0.455. The summed E-state index contributed by atoms with van der Waals surface area (Å²) in [4.78, 5) is 0. The lowest BCUT2D eigenvalue weighted by Gasteiger charge is -2.09. The Kier molecular flexibility index (Phi) is 4.01. The molecule has 2 N–H and O–H groups in total. The molecule has 1 nitrogen and oxygen atoms in total. The summed E-state index contributed by atoms with van der Waals surface area (Å²) < 4.78 is 25.9. The second-order valence-electron chi connectivity index (χ2n) is 3.45. The van der Waals surface area contributed by atoms with E-state index in [0.717, 1.165) is 11.1 Å². The average Bonchev–Trinajstić information content (AvgIpc) is 2.10. The van der Waals surface area contributed by atoms with Crippen LogP contribution in [-0.2, 0) is 6.42 Å². The molecule has 14 heavy (non-hydrogen) atoms. The van der Waals surface area contributed by atoms with Crippen molar-refractivity contribution in [3.8, 4) is 0 Å². The summed E-state index contributed by atoms with van der Waals surface area (Å²) in [5.41, 5.74) is 6.90. The third kappa shape index (κ3) is 3.07. The lowest BCUT2D eigenvalue weighted by atomic mass is 10.0. The monoisotopic (exact) mass is 199 g/mol. The third-order valence-corrected chi connectivity index (χ3v) is 2.23. The van der Waals surface area contributed by atoms with Gasteiger partial charge in [0.05, 0.1) is 0 Å². The van der Waals surface area contributed by atoms with Gasteiger partial charge in [-0.3, -0.25) is 0 Å². The number of rotatable bonds is 4. The van der Waals surface area contributed by atoms with Gasteiger partial charge in [-0.15, -0.1) is 0 Å². The van der Waals surface area contributed by atoms with Gasteiger partial charge in [-0.25, -0.2) is 8.78 Å². The highest BCUT2D eigenvalue weighted by molar-refractivity contribution is 5.27. The molecule has 0 radical (unpaired) electrons. The molecule has 0 spiro atoms. The zero-order valence-corrected chi connectivity index (χ0v) is 8.26. The van der Waals surface area contributed by atoms with E-state index in [0.29, 0.717) is 19.4 Å². The number of hydrogen-bond acceptors (Lipinski definition) is 1. The summed E-state index contributed by atoms with van der Waals surface area (Å²) >= 11 is 0. The first-order valence-corrected chi connectivity index (χ1v) is 4.72. The van der Waals surface area contributed by atoms with Crippen LogP contribution in [0.4, 0.5) is 8.78 Å². The Bertz CT molecular complexity index is 299. The van der Waals surface area contributed by atoms with Crippen LogP contribution < -0.4 is 5.73 Å². The SMILES string of the molecule is Cc1cc(F)ccc1CC(F)CCN. The number of hydrogen-bond donors (Lipinski definition) is 1.